The molecule has 0 amide bonds. The molecule has 5 nitrogen and oxygen atoms in total. The van der Waals surface area contributed by atoms with Gasteiger partial charge in [-0.05, 0) is 12.1 Å². The number of para-hydroxylation sites is 1. The lowest BCUT2D eigenvalue weighted by Crippen LogP contribution is -2.16. The topological polar surface area (TPSA) is 59.5 Å². The molecule has 0 bridgehead atoms. The highest BCUT2D eigenvalue weighted by Crippen LogP contribution is 2.27. The van der Waals surface area contributed by atoms with E-state index in [2.05, 4.69) is 4.99 Å². The van der Waals surface area contributed by atoms with Gasteiger partial charge >= 0.3 is 0 Å². The number of benzene rings is 2. The molecule has 116 valence electrons. The summed E-state index contributed by atoms with van der Waals surface area (Å²) in [6, 6.07) is 16.5. The van der Waals surface area contributed by atoms with E-state index in [0.717, 1.165) is 11.3 Å². The van der Waals surface area contributed by atoms with Gasteiger partial charge in [-0.15, -0.1) is 0 Å². The van der Waals surface area contributed by atoms with Crippen LogP contribution >= 0.6 is 0 Å². The smallest absolute Gasteiger partial charge is 0.292 e. The Morgan fingerprint density at radius 2 is 1.61 bits per heavy atom. The van der Waals surface area contributed by atoms with Gasteiger partial charge in [0.15, 0.2) is 5.69 Å². The summed E-state index contributed by atoms with van der Waals surface area (Å²) >= 11 is 0. The van der Waals surface area contributed by atoms with Gasteiger partial charge < -0.3 is 5.11 Å². The van der Waals surface area contributed by atoms with Crippen molar-refractivity contribution in [3.05, 3.63) is 70.5 Å². The summed E-state index contributed by atoms with van der Waals surface area (Å²) in [5.41, 5.74) is 2.39. The van der Waals surface area contributed by atoms with Crippen LogP contribution in [0.2, 0.25) is 0 Å². The first-order valence-corrected chi connectivity index (χ1v) is 7.23. The van der Waals surface area contributed by atoms with E-state index in [4.69, 9.17) is 0 Å². The minimum atomic E-state index is -0.182. The van der Waals surface area contributed by atoms with Crippen LogP contribution in [0.25, 0.3) is 11.3 Å². The zero-order chi connectivity index (χ0) is 16.4. The molecule has 1 heterocycles. The molecule has 0 fully saturated rings. The van der Waals surface area contributed by atoms with Gasteiger partial charge in [0.05, 0.1) is 5.69 Å². The number of aliphatic imine (C=N–C) groups is 1. The quantitative estimate of drug-likeness (QED) is 0.756. The van der Waals surface area contributed by atoms with Crippen LogP contribution in [-0.4, -0.2) is 20.7 Å². The lowest BCUT2D eigenvalue weighted by molar-refractivity contribution is 0.474. The molecule has 2 aromatic carbocycles. The second-order valence-corrected chi connectivity index (χ2v) is 5.23. The van der Waals surface area contributed by atoms with Gasteiger partial charge in [0.1, 0.15) is 5.75 Å². The van der Waals surface area contributed by atoms with Crippen molar-refractivity contribution in [3.8, 4) is 17.0 Å². The van der Waals surface area contributed by atoms with Crippen molar-refractivity contribution in [2.75, 3.05) is 0 Å². The fraction of sp³-hybridized carbons (Fsp3) is 0.111. The van der Waals surface area contributed by atoms with Gasteiger partial charge in [-0.25, -0.2) is 4.99 Å². The molecule has 0 aliphatic heterocycles. The summed E-state index contributed by atoms with van der Waals surface area (Å²) in [4.78, 5) is 16.8. The van der Waals surface area contributed by atoms with Gasteiger partial charge in [0, 0.05) is 31.4 Å². The van der Waals surface area contributed by atoms with Gasteiger partial charge in [-0.2, -0.15) is 0 Å². The van der Waals surface area contributed by atoms with Crippen LogP contribution in [-0.2, 0) is 14.1 Å². The lowest BCUT2D eigenvalue weighted by Gasteiger charge is -2.06. The minimum absolute atomic E-state index is 0.130. The molecule has 1 aromatic heterocycles. The molecule has 0 aliphatic carbocycles. The summed E-state index contributed by atoms with van der Waals surface area (Å²) in [6.07, 6.45) is 1.51. The third kappa shape index (κ3) is 2.68. The SMILES string of the molecule is Cn1c(-c2ccccc2)c(N=Cc2ccccc2O)c(=O)n1C. The highest BCUT2D eigenvalue weighted by Gasteiger charge is 2.16. The number of aromatic nitrogens is 2. The molecule has 3 rings (SSSR count). The Bertz CT molecular complexity index is 921. The maximum atomic E-state index is 12.5. The van der Waals surface area contributed by atoms with E-state index in [1.54, 1.807) is 29.9 Å². The largest absolute Gasteiger partial charge is 0.507 e. The third-order valence-corrected chi connectivity index (χ3v) is 3.81. The number of hydrogen-bond donors (Lipinski definition) is 1. The Kier molecular flexibility index (Phi) is 3.85. The van der Waals surface area contributed by atoms with Crippen molar-refractivity contribution >= 4 is 11.9 Å². The van der Waals surface area contributed by atoms with Gasteiger partial charge in [0.2, 0.25) is 0 Å². The van der Waals surface area contributed by atoms with Crippen molar-refractivity contribution < 1.29 is 5.11 Å². The van der Waals surface area contributed by atoms with E-state index in [-0.39, 0.29) is 11.3 Å². The first-order chi connectivity index (χ1) is 11.1. The molecular formula is C18H17N3O2. The Morgan fingerprint density at radius 3 is 2.30 bits per heavy atom. The number of phenolic OH excluding ortho intramolecular Hbond substituents is 1. The highest BCUT2D eigenvalue weighted by atomic mass is 16.3. The normalized spacial score (nSPS) is 11.2. The summed E-state index contributed by atoms with van der Waals surface area (Å²) in [5.74, 6) is 0.130. The average Bonchev–Trinajstić information content (AvgIpc) is 2.79. The van der Waals surface area contributed by atoms with Crippen LogP contribution in [0.5, 0.6) is 5.75 Å². The second kappa shape index (κ2) is 5.96. The van der Waals surface area contributed by atoms with Crippen LogP contribution in [0.15, 0.2) is 64.4 Å². The molecule has 0 spiro atoms. The van der Waals surface area contributed by atoms with Crippen molar-refractivity contribution in [3.63, 3.8) is 0 Å². The van der Waals surface area contributed by atoms with E-state index in [9.17, 15) is 9.90 Å². The van der Waals surface area contributed by atoms with Gasteiger partial charge in [-0.1, -0.05) is 42.5 Å². The first kappa shape index (κ1) is 14.8. The predicted octanol–water partition coefficient (Wildman–Crippen LogP) is 2.85. The molecule has 0 aliphatic rings. The summed E-state index contributed by atoms with van der Waals surface area (Å²) in [5, 5.41) is 9.82. The van der Waals surface area contributed by atoms with Crippen LogP contribution in [0.1, 0.15) is 5.56 Å². The standard InChI is InChI=1S/C18H17N3O2/c1-20-17(13-8-4-3-5-9-13)16(18(23)21(20)2)19-12-14-10-6-7-11-15(14)22/h3-12,22H,1-2H3. The molecule has 23 heavy (non-hydrogen) atoms. The summed E-state index contributed by atoms with van der Waals surface area (Å²) in [7, 11) is 3.52. The highest BCUT2D eigenvalue weighted by molar-refractivity contribution is 5.87. The fourth-order valence-corrected chi connectivity index (χ4v) is 2.46. The van der Waals surface area contributed by atoms with E-state index in [0.29, 0.717) is 11.3 Å². The Hall–Kier alpha value is -3.08. The molecule has 3 aromatic rings. The van der Waals surface area contributed by atoms with E-state index < -0.39 is 0 Å². The van der Waals surface area contributed by atoms with Crippen molar-refractivity contribution in [1.29, 1.82) is 0 Å². The molecular weight excluding hydrogens is 290 g/mol. The average molecular weight is 307 g/mol. The van der Waals surface area contributed by atoms with Gasteiger partial charge in [-0.3, -0.25) is 14.2 Å². The molecule has 0 saturated carbocycles. The summed E-state index contributed by atoms with van der Waals surface area (Å²) < 4.78 is 3.29. The maximum Gasteiger partial charge on any atom is 0.292 e. The Labute approximate surface area is 133 Å². The number of rotatable bonds is 3. The van der Waals surface area contributed by atoms with Gasteiger partial charge in [0.25, 0.3) is 5.56 Å². The second-order valence-electron chi connectivity index (χ2n) is 5.23. The van der Waals surface area contributed by atoms with Crippen molar-refractivity contribution in [1.82, 2.24) is 9.36 Å². The van der Waals surface area contributed by atoms with Crippen LogP contribution in [0, 0.1) is 0 Å². The number of hydrogen-bond acceptors (Lipinski definition) is 3. The van der Waals surface area contributed by atoms with E-state index >= 15 is 0 Å². The zero-order valence-electron chi connectivity index (χ0n) is 13.0. The predicted molar refractivity (Wildman–Crippen MR) is 91.5 cm³/mol. The number of aromatic hydroxyl groups is 1. The van der Waals surface area contributed by atoms with Crippen LogP contribution in [0.4, 0.5) is 5.69 Å². The molecule has 0 atom stereocenters. The Balaban J connectivity index is 2.15. The third-order valence-electron chi connectivity index (χ3n) is 3.81. The molecule has 0 radical (unpaired) electrons. The first-order valence-electron chi connectivity index (χ1n) is 7.23. The number of phenols is 1. The maximum absolute atomic E-state index is 12.5. The Morgan fingerprint density at radius 1 is 0.957 bits per heavy atom. The monoisotopic (exact) mass is 307 g/mol. The molecule has 0 saturated heterocycles. The number of nitrogens with zero attached hydrogens (tertiary/aromatic N) is 3. The molecule has 1 N–H and O–H groups in total. The fourth-order valence-electron chi connectivity index (χ4n) is 2.46. The zero-order valence-corrected chi connectivity index (χ0v) is 13.0. The van der Waals surface area contributed by atoms with Crippen molar-refractivity contribution in [2.24, 2.45) is 19.1 Å². The molecule has 5 heteroatoms. The van der Waals surface area contributed by atoms with Crippen molar-refractivity contribution in [2.45, 2.75) is 0 Å². The lowest BCUT2D eigenvalue weighted by atomic mass is 10.1. The molecule has 0 unspecified atom stereocenters. The van der Waals surface area contributed by atoms with E-state index in [1.807, 2.05) is 43.4 Å². The van der Waals surface area contributed by atoms with Crippen LogP contribution in [0.3, 0.4) is 0 Å². The van der Waals surface area contributed by atoms with Crippen LogP contribution < -0.4 is 5.56 Å². The minimum Gasteiger partial charge on any atom is -0.507 e. The summed E-state index contributed by atoms with van der Waals surface area (Å²) in [6.45, 7) is 0. The van der Waals surface area contributed by atoms with E-state index in [1.165, 1.54) is 10.9 Å².